The highest BCUT2D eigenvalue weighted by molar-refractivity contribution is 6.28. The lowest BCUT2D eigenvalue weighted by Gasteiger charge is -2.19. The molecule has 0 saturated carbocycles. The van der Waals surface area contributed by atoms with Gasteiger partial charge in [0.05, 0.1) is 35.6 Å². The zero-order valence-corrected chi connectivity index (χ0v) is 43.4. The predicted molar refractivity (Wildman–Crippen MR) is 355 cm³/mol. The van der Waals surface area contributed by atoms with E-state index in [4.69, 9.17) is 29.1 Å². The van der Waals surface area contributed by atoms with Crippen molar-refractivity contribution < 1.29 is 40.1 Å². The van der Waals surface area contributed by atoms with E-state index < -0.39 is 234 Å². The van der Waals surface area contributed by atoms with Crippen LogP contribution in [0.25, 0.3) is 164 Å². The molecule has 0 bridgehead atoms. The van der Waals surface area contributed by atoms with Crippen LogP contribution in [0.3, 0.4) is 0 Å². The van der Waals surface area contributed by atoms with Crippen LogP contribution >= 0.6 is 0 Å². The molecule has 1 aromatic heterocycles. The van der Waals surface area contributed by atoms with E-state index in [-0.39, 0.29) is 0 Å². The van der Waals surface area contributed by atoms with Gasteiger partial charge in [0.1, 0.15) is 11.2 Å². The van der Waals surface area contributed by atoms with Crippen LogP contribution in [0.4, 0.5) is 0 Å². The normalized spacial score (nSPS) is 16.0. The van der Waals surface area contributed by atoms with Gasteiger partial charge in [0, 0.05) is 16.2 Å². The van der Waals surface area contributed by atoms with Gasteiger partial charge in [-0.15, -0.1) is 0 Å². The summed E-state index contributed by atoms with van der Waals surface area (Å²) in [6, 6.07) is 32.4. The van der Waals surface area contributed by atoms with Gasteiger partial charge in [0.15, 0.2) is 0 Å². The molecule has 386 valence electrons. The number of benzene rings is 16. The Morgan fingerprint density at radius 1 is 0.229 bits per heavy atom. The minimum Gasteiger partial charge on any atom is -0.455 e. The molecule has 0 aliphatic rings. The van der Waals surface area contributed by atoms with E-state index in [0.29, 0.717) is 0 Å². The summed E-state index contributed by atoms with van der Waals surface area (Å²) in [5, 5.41) is 4.26. The summed E-state index contributed by atoms with van der Waals surface area (Å²) < 4.78 is 238. The zero-order chi connectivity index (χ0) is 77.4. The summed E-state index contributed by atoms with van der Waals surface area (Å²) in [7, 11) is 0. The van der Waals surface area contributed by atoms with Crippen molar-refractivity contribution in [3.8, 4) is 66.8 Å². The summed E-state index contributed by atoms with van der Waals surface area (Å²) in [5.74, 6) is 0. The Kier molecular flexibility index (Phi) is 6.89. The van der Waals surface area contributed by atoms with Gasteiger partial charge >= 0.3 is 0 Å². The first kappa shape index (κ1) is 28.5. The van der Waals surface area contributed by atoms with Crippen LogP contribution in [0.2, 0.25) is 0 Å². The molecule has 0 aliphatic carbocycles. The fourth-order valence-corrected chi connectivity index (χ4v) is 11.6. The van der Waals surface area contributed by atoms with E-state index in [9.17, 15) is 11.0 Å². The van der Waals surface area contributed by atoms with E-state index in [1.54, 1.807) is 0 Å². The van der Waals surface area contributed by atoms with Gasteiger partial charge in [-0.25, -0.2) is 0 Å². The van der Waals surface area contributed by atoms with Crippen LogP contribution in [0.1, 0.15) is 35.6 Å². The largest absolute Gasteiger partial charge is 0.455 e. The molecule has 0 atom stereocenters. The van der Waals surface area contributed by atoms with Crippen molar-refractivity contribution in [2.45, 2.75) is 0 Å². The van der Waals surface area contributed by atoms with Crippen LogP contribution in [0, 0.1) is 0 Å². The highest BCUT2D eigenvalue weighted by Gasteiger charge is 2.22. The first-order valence-electron chi connectivity index (χ1n) is 39.5. The first-order valence-corrected chi connectivity index (χ1v) is 26.5. The van der Waals surface area contributed by atoms with Crippen molar-refractivity contribution in [2.24, 2.45) is 0 Å². The van der Waals surface area contributed by atoms with Gasteiger partial charge in [-0.2, -0.15) is 0 Å². The number of furan rings is 1. The van der Waals surface area contributed by atoms with Gasteiger partial charge in [0.25, 0.3) is 0 Å². The Morgan fingerprint density at radius 3 is 1.45 bits per heavy atom. The molecule has 1 heteroatoms. The molecule has 1 nitrogen and oxygen atoms in total. The smallest absolute Gasteiger partial charge is 0.143 e. The minimum atomic E-state index is -1.07. The minimum absolute atomic E-state index is 0.554. The highest BCUT2D eigenvalue weighted by Crippen LogP contribution is 2.49. The molecule has 0 unspecified atom stereocenters. The summed E-state index contributed by atoms with van der Waals surface area (Å²) in [4.78, 5) is 0. The number of rotatable bonds is 6. The molecule has 17 rings (SSSR count). The second kappa shape index (κ2) is 20.0. The number of fused-ring (bicyclic) bond motifs is 11. The molecule has 0 spiro atoms. The Labute approximate surface area is 517 Å². The molecular weight excluding hydrogens is 1000 g/mol. The van der Waals surface area contributed by atoms with Crippen LogP contribution in [0.5, 0.6) is 0 Å². The molecule has 83 heavy (non-hydrogen) atoms. The van der Waals surface area contributed by atoms with E-state index in [1.807, 2.05) is 0 Å². The van der Waals surface area contributed by atoms with Crippen molar-refractivity contribution in [1.29, 1.82) is 0 Å². The van der Waals surface area contributed by atoms with Gasteiger partial charge in [-0.3, -0.25) is 0 Å². The third-order valence-corrected chi connectivity index (χ3v) is 15.2. The molecule has 0 fully saturated rings. The maximum Gasteiger partial charge on any atom is 0.143 e. The fourth-order valence-electron chi connectivity index (χ4n) is 11.6. The van der Waals surface area contributed by atoms with E-state index >= 15 is 0 Å². The summed E-state index contributed by atoms with van der Waals surface area (Å²) in [6.45, 7) is 0. The zero-order valence-electron chi connectivity index (χ0n) is 69.4. The third kappa shape index (κ3) is 8.16. The second-order valence-electron chi connectivity index (χ2n) is 19.7. The topological polar surface area (TPSA) is 13.1 Å². The van der Waals surface area contributed by atoms with Gasteiger partial charge in [-0.05, 0) is 161 Å². The van der Waals surface area contributed by atoms with Crippen molar-refractivity contribution in [3.05, 3.63) is 315 Å². The molecule has 17 aromatic rings. The molecule has 0 N–H and O–H groups in total. The third-order valence-electron chi connectivity index (χ3n) is 15.2. The number of hydrogen-bond acceptors (Lipinski definition) is 1. The van der Waals surface area contributed by atoms with E-state index in [1.165, 1.54) is 65.7 Å². The molecule has 0 saturated heterocycles. The monoisotopic (exact) mass is 1080 g/mol. The summed E-state index contributed by atoms with van der Waals surface area (Å²) in [6.07, 6.45) is 0. The standard InChI is InChI=1S/C42H26O.C40H26/c1-2-11-27(12-3-1)28-21-23-30(24-22-28)39-32-15-6-8-17-34(32)40(35-18-9-7-16-33(35)39)36-19-10-20-38-41(36)37-26-25-29-13-4-5-14-31(29)42(37)43-38;1-2-13-29-25-31(24-23-27(29)11-1)30-15-9-16-32(26-30)39-35-18-5-7-20-37(35)40(38-21-8-6-19-36(38)39)34-22-10-14-28-12-3-4-17-33(28)34/h1-26H;1-26H/i;1D,2D,3D,4D,5D,6D,7D,8D,9D,10D,11D,12D,13D,14D,15D,16D,17D,18D,19D,20D,21D,22D,23D,24D,25D,26D. The van der Waals surface area contributed by atoms with E-state index in [0.717, 1.165) is 21.9 Å². The maximum absolute atomic E-state index is 9.70. The maximum atomic E-state index is 9.70. The lowest BCUT2D eigenvalue weighted by atomic mass is 9.84. The quantitative estimate of drug-likeness (QED) is 0.151. The van der Waals surface area contributed by atoms with Gasteiger partial charge in [-0.1, -0.05) is 291 Å². The number of hydrogen-bond donors (Lipinski definition) is 0. The van der Waals surface area contributed by atoms with Crippen LogP contribution < -0.4 is 0 Å². The average molecular weight is 1080 g/mol. The molecule has 16 aromatic carbocycles. The second-order valence-corrected chi connectivity index (χ2v) is 19.7. The van der Waals surface area contributed by atoms with Crippen LogP contribution in [-0.4, -0.2) is 0 Å². The molecule has 0 aliphatic heterocycles. The van der Waals surface area contributed by atoms with E-state index in [2.05, 4.69) is 158 Å². The Bertz CT molecular complexity index is 6830. The fraction of sp³-hybridized carbons (Fsp3) is 0. The molecule has 0 amide bonds. The van der Waals surface area contributed by atoms with Crippen molar-refractivity contribution >= 4 is 97.3 Å². The highest BCUT2D eigenvalue weighted by atomic mass is 16.3. The van der Waals surface area contributed by atoms with Gasteiger partial charge < -0.3 is 4.42 Å². The van der Waals surface area contributed by atoms with Gasteiger partial charge in [0.2, 0.25) is 0 Å². The Balaban J connectivity index is 0.000000180. The Morgan fingerprint density at radius 2 is 0.735 bits per heavy atom. The molecule has 0 radical (unpaired) electrons. The van der Waals surface area contributed by atoms with Crippen molar-refractivity contribution in [1.82, 2.24) is 0 Å². The lowest BCUT2D eigenvalue weighted by Crippen LogP contribution is -1.92. The first-order chi connectivity index (χ1) is 52.0. The average Bonchev–Trinajstić information content (AvgIpc) is 1.09. The van der Waals surface area contributed by atoms with Crippen molar-refractivity contribution in [2.75, 3.05) is 0 Å². The van der Waals surface area contributed by atoms with Crippen LogP contribution in [0.15, 0.2) is 319 Å². The Hall–Kier alpha value is -10.9. The van der Waals surface area contributed by atoms with Crippen LogP contribution in [-0.2, 0) is 0 Å². The SMILES string of the molecule is [2H]c1c([2H])c(-c2c([2H])c([2H])c3c([2H])c([2H])c([2H])c([2H])c3c2[2H])c([2H])c(-c2c3c([2H])c([2H])c([2H])c([2H])c3c(-c3c([2H])c([2H])c([2H])c4c([2H])c([2H])c([2H])c([2H])c34)c3c([2H])c([2H])c([2H])c([2H])c23)c1[2H].c1ccc(-c2ccc(-c3c4ccccc4c(-c4cccc5oc6c7ccccc7ccc6c45)c4ccccc34)cc2)cc1. The summed E-state index contributed by atoms with van der Waals surface area (Å²) >= 11 is 0. The lowest BCUT2D eigenvalue weighted by molar-refractivity contribution is 0.673. The van der Waals surface area contributed by atoms with Crippen molar-refractivity contribution in [3.63, 3.8) is 0 Å². The molecular formula is C82H52O. The summed E-state index contributed by atoms with van der Waals surface area (Å²) in [5.41, 5.74) is 4.56. The molecule has 1 heterocycles. The predicted octanol–water partition coefficient (Wildman–Crippen LogP) is 23.3.